The third-order valence-electron chi connectivity index (χ3n) is 3.14. The van der Waals surface area contributed by atoms with Crippen LogP contribution in [0.15, 0.2) is 17.1 Å². The predicted octanol–water partition coefficient (Wildman–Crippen LogP) is 0.205. The first-order chi connectivity index (χ1) is 8.68. The molecule has 0 unspecified atom stereocenters. The first-order valence-corrected chi connectivity index (χ1v) is 6.22. The zero-order chi connectivity index (χ0) is 13.0. The molecule has 0 spiro atoms. The maximum absolute atomic E-state index is 11.9. The zero-order valence-electron chi connectivity index (χ0n) is 10.6. The number of aryl methyl sites for hydroxylation is 1. The average molecular weight is 250 g/mol. The SMILES string of the molecule is Cn1nccc(NCC(=O)N2CCCCC2)c1=O. The van der Waals surface area contributed by atoms with Crippen LogP contribution in [-0.4, -0.2) is 40.2 Å². The highest BCUT2D eigenvalue weighted by Gasteiger charge is 2.16. The van der Waals surface area contributed by atoms with Crippen molar-refractivity contribution in [3.63, 3.8) is 0 Å². The second kappa shape index (κ2) is 5.66. The van der Waals surface area contributed by atoms with Crippen molar-refractivity contribution in [1.29, 1.82) is 0 Å². The van der Waals surface area contributed by atoms with Gasteiger partial charge >= 0.3 is 0 Å². The van der Waals surface area contributed by atoms with Crippen LogP contribution < -0.4 is 10.9 Å². The van der Waals surface area contributed by atoms with E-state index in [4.69, 9.17) is 0 Å². The Hall–Kier alpha value is -1.85. The maximum atomic E-state index is 11.9. The van der Waals surface area contributed by atoms with Gasteiger partial charge in [0.15, 0.2) is 0 Å². The topological polar surface area (TPSA) is 67.2 Å². The molecule has 0 atom stereocenters. The van der Waals surface area contributed by atoms with Gasteiger partial charge in [0.2, 0.25) is 5.91 Å². The Morgan fingerprint density at radius 1 is 1.39 bits per heavy atom. The Labute approximate surface area is 106 Å². The summed E-state index contributed by atoms with van der Waals surface area (Å²) in [7, 11) is 1.58. The lowest BCUT2D eigenvalue weighted by molar-refractivity contribution is -0.130. The van der Waals surface area contributed by atoms with E-state index in [-0.39, 0.29) is 18.0 Å². The molecule has 18 heavy (non-hydrogen) atoms. The fraction of sp³-hybridized carbons (Fsp3) is 0.583. The number of nitrogens with zero attached hydrogens (tertiary/aromatic N) is 3. The Kier molecular flexibility index (Phi) is 3.96. The number of hydrogen-bond acceptors (Lipinski definition) is 4. The van der Waals surface area contributed by atoms with Gasteiger partial charge in [-0.2, -0.15) is 5.10 Å². The van der Waals surface area contributed by atoms with E-state index in [1.165, 1.54) is 17.3 Å². The summed E-state index contributed by atoms with van der Waals surface area (Å²) in [5.41, 5.74) is 0.196. The van der Waals surface area contributed by atoms with Crippen molar-refractivity contribution in [2.75, 3.05) is 25.0 Å². The quantitative estimate of drug-likeness (QED) is 0.832. The van der Waals surface area contributed by atoms with Crippen molar-refractivity contribution in [2.24, 2.45) is 7.05 Å². The lowest BCUT2D eigenvalue weighted by Crippen LogP contribution is -2.39. The molecule has 1 aliphatic heterocycles. The highest BCUT2D eigenvalue weighted by molar-refractivity contribution is 5.80. The molecule has 0 radical (unpaired) electrons. The van der Waals surface area contributed by atoms with E-state index >= 15 is 0 Å². The molecule has 6 nitrogen and oxygen atoms in total. The number of piperidine rings is 1. The van der Waals surface area contributed by atoms with E-state index in [0.717, 1.165) is 25.9 Å². The van der Waals surface area contributed by atoms with Gasteiger partial charge in [0.1, 0.15) is 5.69 Å². The van der Waals surface area contributed by atoms with Crippen molar-refractivity contribution < 1.29 is 4.79 Å². The molecule has 0 bridgehead atoms. The van der Waals surface area contributed by atoms with Gasteiger partial charge in [-0.15, -0.1) is 0 Å². The van der Waals surface area contributed by atoms with E-state index in [2.05, 4.69) is 10.4 Å². The highest BCUT2D eigenvalue weighted by atomic mass is 16.2. The molecule has 0 aliphatic carbocycles. The molecule has 1 aromatic heterocycles. The summed E-state index contributed by atoms with van der Waals surface area (Å²) in [6, 6.07) is 1.59. The molecular formula is C12H18N4O2. The number of likely N-dealkylation sites (tertiary alicyclic amines) is 1. The molecule has 1 amide bonds. The van der Waals surface area contributed by atoms with Crippen molar-refractivity contribution >= 4 is 11.6 Å². The van der Waals surface area contributed by atoms with Gasteiger partial charge in [0, 0.05) is 26.3 Å². The summed E-state index contributed by atoms with van der Waals surface area (Å²) in [5, 5.41) is 6.71. The van der Waals surface area contributed by atoms with Gasteiger partial charge in [-0.1, -0.05) is 0 Å². The minimum absolute atomic E-state index is 0.0496. The van der Waals surface area contributed by atoms with E-state index in [9.17, 15) is 9.59 Å². The molecule has 1 fully saturated rings. The fourth-order valence-electron chi connectivity index (χ4n) is 2.07. The van der Waals surface area contributed by atoms with Gasteiger partial charge in [0.05, 0.1) is 6.54 Å². The standard InChI is InChI=1S/C12H18N4O2/c1-15-12(18)10(5-6-14-15)13-9-11(17)16-7-3-2-4-8-16/h5-6,13H,2-4,7-9H2,1H3. The van der Waals surface area contributed by atoms with Gasteiger partial charge in [-0.05, 0) is 25.3 Å². The highest BCUT2D eigenvalue weighted by Crippen LogP contribution is 2.08. The van der Waals surface area contributed by atoms with Crippen LogP contribution in [0.25, 0.3) is 0 Å². The summed E-state index contributed by atoms with van der Waals surface area (Å²) in [4.78, 5) is 25.4. The molecule has 1 N–H and O–H groups in total. The molecule has 0 saturated carbocycles. The number of rotatable bonds is 3. The summed E-state index contributed by atoms with van der Waals surface area (Å²) in [6.45, 7) is 1.82. The largest absolute Gasteiger partial charge is 0.372 e. The van der Waals surface area contributed by atoms with Crippen LogP contribution in [-0.2, 0) is 11.8 Å². The van der Waals surface area contributed by atoms with Gasteiger partial charge in [0.25, 0.3) is 5.56 Å². The zero-order valence-corrected chi connectivity index (χ0v) is 10.6. The van der Waals surface area contributed by atoms with Gasteiger partial charge in [-0.25, -0.2) is 4.68 Å². The number of carbonyl (C=O) groups is 1. The normalized spacial score (nSPS) is 15.5. The molecule has 0 aromatic carbocycles. The van der Waals surface area contributed by atoms with Crippen LogP contribution >= 0.6 is 0 Å². The summed E-state index contributed by atoms with van der Waals surface area (Å²) in [5.74, 6) is 0.0496. The number of carbonyl (C=O) groups excluding carboxylic acids is 1. The van der Waals surface area contributed by atoms with Crippen LogP contribution in [0.2, 0.25) is 0 Å². The minimum atomic E-state index is -0.219. The van der Waals surface area contributed by atoms with E-state index in [1.807, 2.05) is 4.90 Å². The number of hydrogen-bond donors (Lipinski definition) is 1. The molecule has 2 rings (SSSR count). The van der Waals surface area contributed by atoms with Crippen LogP contribution in [0.5, 0.6) is 0 Å². The lowest BCUT2D eigenvalue weighted by Gasteiger charge is -2.26. The second-order valence-electron chi connectivity index (χ2n) is 4.47. The smallest absolute Gasteiger partial charge is 0.289 e. The molecule has 98 valence electrons. The van der Waals surface area contributed by atoms with Gasteiger partial charge < -0.3 is 10.2 Å². The molecule has 2 heterocycles. The molecule has 1 saturated heterocycles. The third-order valence-corrected chi connectivity index (χ3v) is 3.14. The molecule has 6 heteroatoms. The first kappa shape index (κ1) is 12.6. The first-order valence-electron chi connectivity index (χ1n) is 6.22. The molecule has 1 aromatic rings. The van der Waals surface area contributed by atoms with Crippen LogP contribution in [0.4, 0.5) is 5.69 Å². The van der Waals surface area contributed by atoms with E-state index in [1.54, 1.807) is 13.1 Å². The third kappa shape index (κ3) is 2.88. The van der Waals surface area contributed by atoms with E-state index < -0.39 is 0 Å². The van der Waals surface area contributed by atoms with Crippen LogP contribution in [0, 0.1) is 0 Å². The molecular weight excluding hydrogens is 232 g/mol. The van der Waals surface area contributed by atoms with Crippen LogP contribution in [0.3, 0.4) is 0 Å². The lowest BCUT2D eigenvalue weighted by atomic mass is 10.1. The Balaban J connectivity index is 1.92. The Bertz CT molecular complexity index is 477. The van der Waals surface area contributed by atoms with Crippen molar-refractivity contribution in [2.45, 2.75) is 19.3 Å². The van der Waals surface area contributed by atoms with E-state index in [0.29, 0.717) is 5.69 Å². The second-order valence-corrected chi connectivity index (χ2v) is 4.47. The summed E-state index contributed by atoms with van der Waals surface area (Å²) < 4.78 is 1.24. The number of nitrogens with one attached hydrogen (secondary N) is 1. The number of aromatic nitrogens is 2. The fourth-order valence-corrected chi connectivity index (χ4v) is 2.07. The minimum Gasteiger partial charge on any atom is -0.372 e. The van der Waals surface area contributed by atoms with Crippen molar-refractivity contribution in [3.8, 4) is 0 Å². The van der Waals surface area contributed by atoms with Crippen molar-refractivity contribution in [1.82, 2.24) is 14.7 Å². The Morgan fingerprint density at radius 3 is 2.83 bits per heavy atom. The number of amides is 1. The van der Waals surface area contributed by atoms with Crippen LogP contribution in [0.1, 0.15) is 19.3 Å². The Morgan fingerprint density at radius 2 is 2.11 bits per heavy atom. The van der Waals surface area contributed by atoms with Crippen molar-refractivity contribution in [3.05, 3.63) is 22.6 Å². The molecule has 1 aliphatic rings. The van der Waals surface area contributed by atoms with Gasteiger partial charge in [-0.3, -0.25) is 9.59 Å². The summed E-state index contributed by atoms with van der Waals surface area (Å²) in [6.07, 6.45) is 4.88. The summed E-state index contributed by atoms with van der Waals surface area (Å²) >= 11 is 0. The average Bonchev–Trinajstić information content (AvgIpc) is 2.41. The number of anilines is 1. The maximum Gasteiger partial charge on any atom is 0.289 e. The predicted molar refractivity (Wildman–Crippen MR) is 68.4 cm³/mol. The monoisotopic (exact) mass is 250 g/mol.